The second kappa shape index (κ2) is 10.4. The van der Waals surface area contributed by atoms with E-state index in [1.165, 1.54) is 7.11 Å². The van der Waals surface area contributed by atoms with Gasteiger partial charge in [-0.15, -0.1) is 10.2 Å². The lowest BCUT2D eigenvalue weighted by Crippen LogP contribution is -2.07. The third-order valence-electron chi connectivity index (χ3n) is 4.83. The molecule has 0 atom stereocenters. The summed E-state index contributed by atoms with van der Waals surface area (Å²) in [7, 11) is 1.53. The molecule has 166 valence electrons. The Morgan fingerprint density at radius 3 is 2.66 bits per heavy atom. The fourth-order valence-corrected chi connectivity index (χ4v) is 3.35. The summed E-state index contributed by atoms with van der Waals surface area (Å²) in [6.45, 7) is 4.54. The number of nitriles is 1. The van der Waals surface area contributed by atoms with Gasteiger partial charge in [0.2, 0.25) is 0 Å². The quantitative estimate of drug-likeness (QED) is 0.481. The average molecular weight is 435 g/mol. The van der Waals surface area contributed by atoms with Crippen molar-refractivity contribution in [3.8, 4) is 23.4 Å². The first-order valence-corrected chi connectivity index (χ1v) is 10.3. The Bertz CT molecular complexity index is 1120. The van der Waals surface area contributed by atoms with Crippen LogP contribution in [0.4, 0.5) is 0 Å². The van der Waals surface area contributed by atoms with E-state index in [1.54, 1.807) is 35.0 Å². The summed E-state index contributed by atoms with van der Waals surface area (Å²) in [6, 6.07) is 10.5. The second-order valence-electron chi connectivity index (χ2n) is 7.50. The topological polar surface area (TPSA) is 123 Å². The molecule has 0 saturated heterocycles. The fraction of sp³-hybridized carbons (Fsp3) is 0.348. The van der Waals surface area contributed by atoms with E-state index in [0.29, 0.717) is 35.9 Å². The number of carboxylic acid groups (broad SMARTS) is 1. The van der Waals surface area contributed by atoms with Gasteiger partial charge in [0.25, 0.3) is 0 Å². The Balaban J connectivity index is 1.70. The number of para-hydroxylation sites is 1. The standard InChI is InChI=1S/C23H25N5O4/c1-15(2)22-17(14-28(27-22)20-10-9-18(13-24)25-26-20)7-5-11-32-23-16(12-21(29)30)6-4-8-19(23)31-3/h4,6,8-10,14-15H,5,7,11-12H2,1-3H3,(H,29,30). The van der Waals surface area contributed by atoms with E-state index in [0.717, 1.165) is 17.7 Å². The van der Waals surface area contributed by atoms with E-state index in [1.807, 2.05) is 12.3 Å². The predicted octanol–water partition coefficient (Wildman–Crippen LogP) is 3.30. The first-order chi connectivity index (χ1) is 15.4. The molecular formula is C23H25N5O4. The molecule has 9 heteroatoms. The van der Waals surface area contributed by atoms with Crippen molar-refractivity contribution in [2.24, 2.45) is 0 Å². The van der Waals surface area contributed by atoms with Crippen molar-refractivity contribution in [3.63, 3.8) is 0 Å². The maximum atomic E-state index is 11.2. The molecule has 32 heavy (non-hydrogen) atoms. The Labute approximate surface area is 186 Å². The van der Waals surface area contributed by atoms with Crippen molar-refractivity contribution in [1.82, 2.24) is 20.0 Å². The molecular weight excluding hydrogens is 410 g/mol. The Kier molecular flexibility index (Phi) is 7.39. The highest BCUT2D eigenvalue weighted by Gasteiger charge is 2.16. The van der Waals surface area contributed by atoms with Crippen LogP contribution in [-0.2, 0) is 17.6 Å². The molecule has 0 fully saturated rings. The van der Waals surface area contributed by atoms with Crippen molar-refractivity contribution >= 4 is 5.97 Å². The van der Waals surface area contributed by atoms with Gasteiger partial charge in [-0.3, -0.25) is 4.79 Å². The van der Waals surface area contributed by atoms with Crippen molar-refractivity contribution in [3.05, 3.63) is 59.0 Å². The van der Waals surface area contributed by atoms with Gasteiger partial charge >= 0.3 is 5.97 Å². The van der Waals surface area contributed by atoms with Crippen molar-refractivity contribution < 1.29 is 19.4 Å². The number of carboxylic acids is 1. The van der Waals surface area contributed by atoms with Crippen LogP contribution in [0.25, 0.3) is 5.82 Å². The molecule has 0 spiro atoms. The van der Waals surface area contributed by atoms with Crippen LogP contribution in [-0.4, -0.2) is 44.8 Å². The van der Waals surface area contributed by atoms with Crippen LogP contribution in [0.5, 0.6) is 11.5 Å². The number of ether oxygens (including phenoxy) is 2. The number of benzene rings is 1. The summed E-state index contributed by atoms with van der Waals surface area (Å²) in [4.78, 5) is 11.2. The van der Waals surface area contributed by atoms with Crippen molar-refractivity contribution in [1.29, 1.82) is 5.26 Å². The van der Waals surface area contributed by atoms with Crippen LogP contribution in [0.3, 0.4) is 0 Å². The second-order valence-corrected chi connectivity index (χ2v) is 7.50. The minimum absolute atomic E-state index is 0.136. The Morgan fingerprint density at radius 2 is 2.03 bits per heavy atom. The smallest absolute Gasteiger partial charge is 0.307 e. The minimum Gasteiger partial charge on any atom is -0.493 e. The van der Waals surface area contributed by atoms with E-state index in [9.17, 15) is 4.79 Å². The number of hydrogen-bond donors (Lipinski definition) is 1. The molecule has 0 aliphatic heterocycles. The lowest BCUT2D eigenvalue weighted by molar-refractivity contribution is -0.136. The molecule has 9 nitrogen and oxygen atoms in total. The summed E-state index contributed by atoms with van der Waals surface area (Å²) in [6.07, 6.45) is 3.21. The van der Waals surface area contributed by atoms with Gasteiger partial charge in [0.1, 0.15) is 6.07 Å². The lowest BCUT2D eigenvalue weighted by atomic mass is 10.0. The van der Waals surface area contributed by atoms with Gasteiger partial charge in [0, 0.05) is 11.8 Å². The van der Waals surface area contributed by atoms with Crippen molar-refractivity contribution in [2.45, 2.75) is 39.0 Å². The van der Waals surface area contributed by atoms with E-state index in [2.05, 4.69) is 29.1 Å². The average Bonchev–Trinajstić information content (AvgIpc) is 3.21. The van der Waals surface area contributed by atoms with Crippen molar-refractivity contribution in [2.75, 3.05) is 13.7 Å². The largest absolute Gasteiger partial charge is 0.493 e. The molecule has 1 N–H and O–H groups in total. The van der Waals surface area contributed by atoms with Gasteiger partial charge in [-0.2, -0.15) is 10.4 Å². The molecule has 0 saturated carbocycles. The fourth-order valence-electron chi connectivity index (χ4n) is 3.35. The number of hydrogen-bond acceptors (Lipinski definition) is 7. The highest BCUT2D eigenvalue weighted by atomic mass is 16.5. The third-order valence-corrected chi connectivity index (χ3v) is 4.83. The van der Waals surface area contributed by atoms with Gasteiger partial charge < -0.3 is 14.6 Å². The van der Waals surface area contributed by atoms with Gasteiger partial charge in [0.05, 0.1) is 25.8 Å². The summed E-state index contributed by atoms with van der Waals surface area (Å²) < 4.78 is 12.9. The van der Waals surface area contributed by atoms with Gasteiger partial charge in [-0.05, 0) is 42.5 Å². The van der Waals surface area contributed by atoms with Gasteiger partial charge in [-0.1, -0.05) is 26.0 Å². The van der Waals surface area contributed by atoms with E-state index in [-0.39, 0.29) is 18.0 Å². The van der Waals surface area contributed by atoms with Gasteiger partial charge in [0.15, 0.2) is 23.0 Å². The first kappa shape index (κ1) is 22.7. The molecule has 0 bridgehead atoms. The molecule has 0 radical (unpaired) electrons. The number of aliphatic carboxylic acids is 1. The highest BCUT2D eigenvalue weighted by Crippen LogP contribution is 2.32. The van der Waals surface area contributed by atoms with Crippen LogP contribution in [0, 0.1) is 11.3 Å². The molecule has 0 amide bonds. The molecule has 2 heterocycles. The number of carbonyl (C=O) groups is 1. The minimum atomic E-state index is -0.928. The number of aromatic nitrogens is 4. The highest BCUT2D eigenvalue weighted by molar-refractivity contribution is 5.72. The van der Waals surface area contributed by atoms with Crippen LogP contribution in [0.15, 0.2) is 36.5 Å². The van der Waals surface area contributed by atoms with E-state index < -0.39 is 5.97 Å². The van der Waals surface area contributed by atoms with E-state index in [4.69, 9.17) is 19.8 Å². The predicted molar refractivity (Wildman–Crippen MR) is 116 cm³/mol. The third kappa shape index (κ3) is 5.40. The molecule has 2 aromatic heterocycles. The summed E-state index contributed by atoms with van der Waals surface area (Å²) in [5, 5.41) is 30.6. The lowest BCUT2D eigenvalue weighted by Gasteiger charge is -2.14. The maximum Gasteiger partial charge on any atom is 0.307 e. The van der Waals surface area contributed by atoms with E-state index >= 15 is 0 Å². The zero-order chi connectivity index (χ0) is 23.1. The van der Waals surface area contributed by atoms with Crippen LogP contribution in [0.1, 0.15) is 48.7 Å². The number of methoxy groups -OCH3 is 1. The first-order valence-electron chi connectivity index (χ1n) is 10.3. The molecule has 1 aromatic carbocycles. The van der Waals surface area contributed by atoms with Crippen LogP contribution < -0.4 is 9.47 Å². The zero-order valence-corrected chi connectivity index (χ0v) is 18.3. The SMILES string of the molecule is COc1cccc(CC(=O)O)c1OCCCc1cn(-c2ccc(C#N)nn2)nc1C(C)C. The Hall–Kier alpha value is -3.93. The van der Waals surface area contributed by atoms with Crippen LogP contribution >= 0.6 is 0 Å². The molecule has 0 unspecified atom stereocenters. The summed E-state index contributed by atoms with van der Waals surface area (Å²) in [5.74, 6) is 0.808. The molecule has 0 aliphatic rings. The number of nitrogens with zero attached hydrogens (tertiary/aromatic N) is 5. The maximum absolute atomic E-state index is 11.2. The normalized spacial score (nSPS) is 10.7. The van der Waals surface area contributed by atoms with Gasteiger partial charge in [-0.25, -0.2) is 4.68 Å². The Morgan fingerprint density at radius 1 is 1.22 bits per heavy atom. The zero-order valence-electron chi connectivity index (χ0n) is 18.3. The monoisotopic (exact) mass is 435 g/mol. The molecule has 3 aromatic rings. The summed E-state index contributed by atoms with van der Waals surface area (Å²) in [5.41, 5.74) is 2.86. The molecule has 0 aliphatic carbocycles. The number of rotatable bonds is 10. The van der Waals surface area contributed by atoms with Crippen LogP contribution in [0.2, 0.25) is 0 Å². The number of aryl methyl sites for hydroxylation is 1. The molecule has 3 rings (SSSR count). The summed E-state index contributed by atoms with van der Waals surface area (Å²) >= 11 is 0.